The van der Waals surface area contributed by atoms with Gasteiger partial charge in [0.1, 0.15) is 0 Å². The topological polar surface area (TPSA) is 41.5 Å². The van der Waals surface area contributed by atoms with Crippen LogP contribution in [-0.2, 0) is 4.74 Å². The molecule has 4 unspecified atom stereocenters. The molecule has 3 nitrogen and oxygen atoms in total. The molecule has 1 aliphatic carbocycles. The SMILES string of the molecule is CC1CCCC(CNC2COCC2O)C1. The van der Waals surface area contributed by atoms with Crippen molar-refractivity contribution in [3.63, 3.8) is 0 Å². The zero-order valence-corrected chi connectivity index (χ0v) is 9.61. The van der Waals surface area contributed by atoms with Crippen LogP contribution in [0, 0.1) is 11.8 Å². The van der Waals surface area contributed by atoms with Gasteiger partial charge in [0, 0.05) is 0 Å². The van der Waals surface area contributed by atoms with Crippen LogP contribution >= 0.6 is 0 Å². The third kappa shape index (κ3) is 3.16. The second-order valence-electron chi connectivity index (χ2n) is 5.26. The lowest BCUT2D eigenvalue weighted by Crippen LogP contribution is -2.41. The zero-order chi connectivity index (χ0) is 10.7. The van der Waals surface area contributed by atoms with Crippen molar-refractivity contribution in [2.24, 2.45) is 11.8 Å². The first-order valence-corrected chi connectivity index (χ1v) is 6.25. The van der Waals surface area contributed by atoms with Crippen LogP contribution in [0.5, 0.6) is 0 Å². The molecule has 0 radical (unpaired) electrons. The molecular formula is C12H23NO2. The number of aliphatic hydroxyl groups is 1. The average Bonchev–Trinajstić information content (AvgIpc) is 2.61. The van der Waals surface area contributed by atoms with Gasteiger partial charge in [-0.15, -0.1) is 0 Å². The number of rotatable bonds is 3. The monoisotopic (exact) mass is 213 g/mol. The van der Waals surface area contributed by atoms with Gasteiger partial charge in [-0.25, -0.2) is 0 Å². The van der Waals surface area contributed by atoms with Gasteiger partial charge in [-0.3, -0.25) is 0 Å². The van der Waals surface area contributed by atoms with Crippen LogP contribution in [0.1, 0.15) is 32.6 Å². The molecule has 0 spiro atoms. The molecule has 0 bridgehead atoms. The molecule has 3 heteroatoms. The molecule has 1 saturated heterocycles. The first-order chi connectivity index (χ1) is 7.25. The lowest BCUT2D eigenvalue weighted by Gasteiger charge is -2.28. The minimum atomic E-state index is -0.300. The Kier molecular flexibility index (Phi) is 4.00. The van der Waals surface area contributed by atoms with Crippen LogP contribution in [0.4, 0.5) is 0 Å². The summed E-state index contributed by atoms with van der Waals surface area (Å²) in [6, 6.07) is 0.169. The lowest BCUT2D eigenvalue weighted by atomic mass is 9.82. The van der Waals surface area contributed by atoms with Crippen molar-refractivity contribution in [2.75, 3.05) is 19.8 Å². The normalized spacial score (nSPS) is 42.0. The van der Waals surface area contributed by atoms with E-state index in [2.05, 4.69) is 12.2 Å². The van der Waals surface area contributed by atoms with E-state index in [9.17, 15) is 5.11 Å². The van der Waals surface area contributed by atoms with E-state index >= 15 is 0 Å². The predicted molar refractivity (Wildman–Crippen MR) is 59.7 cm³/mol. The minimum absolute atomic E-state index is 0.169. The first-order valence-electron chi connectivity index (χ1n) is 6.25. The third-order valence-corrected chi connectivity index (χ3v) is 3.76. The van der Waals surface area contributed by atoms with E-state index in [1.54, 1.807) is 0 Å². The van der Waals surface area contributed by atoms with E-state index in [4.69, 9.17) is 4.74 Å². The summed E-state index contributed by atoms with van der Waals surface area (Å²) in [6.07, 6.45) is 5.16. The Labute approximate surface area is 92.2 Å². The van der Waals surface area contributed by atoms with E-state index in [1.165, 1.54) is 25.7 Å². The number of hydrogen-bond donors (Lipinski definition) is 2. The number of aliphatic hydroxyl groups excluding tert-OH is 1. The molecule has 1 aliphatic heterocycles. The van der Waals surface area contributed by atoms with Crippen molar-refractivity contribution in [3.8, 4) is 0 Å². The lowest BCUT2D eigenvalue weighted by molar-refractivity contribution is 0.121. The van der Waals surface area contributed by atoms with Crippen molar-refractivity contribution in [1.29, 1.82) is 0 Å². The summed E-state index contributed by atoms with van der Waals surface area (Å²) in [6.45, 7) is 4.57. The molecule has 0 amide bonds. The van der Waals surface area contributed by atoms with Crippen LogP contribution in [0.25, 0.3) is 0 Å². The van der Waals surface area contributed by atoms with Crippen molar-refractivity contribution < 1.29 is 9.84 Å². The smallest absolute Gasteiger partial charge is 0.0948 e. The molecule has 15 heavy (non-hydrogen) atoms. The first kappa shape index (κ1) is 11.4. The largest absolute Gasteiger partial charge is 0.389 e. The number of ether oxygens (including phenoxy) is 1. The average molecular weight is 213 g/mol. The Balaban J connectivity index is 1.68. The number of nitrogens with one attached hydrogen (secondary N) is 1. The second-order valence-corrected chi connectivity index (χ2v) is 5.26. The molecule has 88 valence electrons. The minimum Gasteiger partial charge on any atom is -0.389 e. The van der Waals surface area contributed by atoms with Gasteiger partial charge in [0.2, 0.25) is 0 Å². The van der Waals surface area contributed by atoms with Crippen LogP contribution in [0.2, 0.25) is 0 Å². The van der Waals surface area contributed by atoms with Crippen molar-refractivity contribution in [2.45, 2.75) is 44.8 Å². The maximum absolute atomic E-state index is 9.58. The summed E-state index contributed by atoms with van der Waals surface area (Å²) >= 11 is 0. The summed E-state index contributed by atoms with van der Waals surface area (Å²) in [7, 11) is 0. The van der Waals surface area contributed by atoms with Gasteiger partial charge in [0.25, 0.3) is 0 Å². The molecule has 0 aromatic carbocycles. The fraction of sp³-hybridized carbons (Fsp3) is 1.00. The van der Waals surface area contributed by atoms with E-state index < -0.39 is 0 Å². The Bertz CT molecular complexity index is 198. The van der Waals surface area contributed by atoms with Crippen LogP contribution < -0.4 is 5.32 Å². The summed E-state index contributed by atoms with van der Waals surface area (Å²) in [5.41, 5.74) is 0. The third-order valence-electron chi connectivity index (χ3n) is 3.76. The highest BCUT2D eigenvalue weighted by Crippen LogP contribution is 2.28. The van der Waals surface area contributed by atoms with Gasteiger partial charge >= 0.3 is 0 Å². The Hall–Kier alpha value is -0.120. The molecule has 1 saturated carbocycles. The van der Waals surface area contributed by atoms with Crippen LogP contribution in [-0.4, -0.2) is 37.0 Å². The molecule has 1 heterocycles. The van der Waals surface area contributed by atoms with Gasteiger partial charge in [0.15, 0.2) is 0 Å². The van der Waals surface area contributed by atoms with Gasteiger partial charge in [-0.05, 0) is 31.2 Å². The standard InChI is InChI=1S/C12H23NO2/c1-9-3-2-4-10(5-9)6-13-11-7-15-8-12(11)14/h9-14H,2-8H2,1H3. The Morgan fingerprint density at radius 3 is 2.87 bits per heavy atom. The molecule has 0 aromatic rings. The summed E-state index contributed by atoms with van der Waals surface area (Å²) in [5.74, 6) is 1.69. The van der Waals surface area contributed by atoms with Crippen molar-refractivity contribution in [3.05, 3.63) is 0 Å². The highest BCUT2D eigenvalue weighted by Gasteiger charge is 2.27. The maximum Gasteiger partial charge on any atom is 0.0948 e. The predicted octanol–water partition coefficient (Wildman–Crippen LogP) is 1.16. The van der Waals surface area contributed by atoms with Gasteiger partial charge < -0.3 is 15.2 Å². The molecule has 2 N–H and O–H groups in total. The van der Waals surface area contributed by atoms with Gasteiger partial charge in [0.05, 0.1) is 25.4 Å². The second kappa shape index (κ2) is 5.28. The van der Waals surface area contributed by atoms with Crippen LogP contribution in [0.15, 0.2) is 0 Å². The molecule has 0 aromatic heterocycles. The molecular weight excluding hydrogens is 190 g/mol. The zero-order valence-electron chi connectivity index (χ0n) is 9.61. The van der Waals surface area contributed by atoms with Gasteiger partial charge in [-0.1, -0.05) is 19.8 Å². The molecule has 2 aliphatic rings. The Morgan fingerprint density at radius 2 is 2.20 bits per heavy atom. The molecule has 2 rings (SSSR count). The highest BCUT2D eigenvalue weighted by atomic mass is 16.5. The van der Waals surface area contributed by atoms with E-state index in [0.717, 1.165) is 18.4 Å². The molecule has 2 fully saturated rings. The molecule has 4 atom stereocenters. The summed E-state index contributed by atoms with van der Waals surface area (Å²) in [5, 5.41) is 13.0. The summed E-state index contributed by atoms with van der Waals surface area (Å²) in [4.78, 5) is 0. The highest BCUT2D eigenvalue weighted by molar-refractivity contribution is 4.82. The van der Waals surface area contributed by atoms with Crippen LogP contribution in [0.3, 0.4) is 0 Å². The van der Waals surface area contributed by atoms with E-state index in [-0.39, 0.29) is 12.1 Å². The fourth-order valence-corrected chi connectivity index (χ4v) is 2.80. The fourth-order valence-electron chi connectivity index (χ4n) is 2.80. The maximum atomic E-state index is 9.58. The number of hydrogen-bond acceptors (Lipinski definition) is 3. The van der Waals surface area contributed by atoms with Gasteiger partial charge in [-0.2, -0.15) is 0 Å². The Morgan fingerprint density at radius 1 is 1.33 bits per heavy atom. The van der Waals surface area contributed by atoms with E-state index in [1.807, 2.05) is 0 Å². The quantitative estimate of drug-likeness (QED) is 0.739. The van der Waals surface area contributed by atoms with Crippen molar-refractivity contribution in [1.82, 2.24) is 5.32 Å². The summed E-state index contributed by atoms with van der Waals surface area (Å²) < 4.78 is 5.22. The van der Waals surface area contributed by atoms with Crippen molar-refractivity contribution >= 4 is 0 Å². The van der Waals surface area contributed by atoms with E-state index in [0.29, 0.717) is 13.2 Å².